The summed E-state index contributed by atoms with van der Waals surface area (Å²) in [5.41, 5.74) is -0.438. The first kappa shape index (κ1) is 11.9. The molecule has 7 heteroatoms. The van der Waals surface area contributed by atoms with Gasteiger partial charge in [0.15, 0.2) is 6.04 Å². The van der Waals surface area contributed by atoms with Crippen molar-refractivity contribution in [2.45, 2.75) is 6.04 Å². The quantitative estimate of drug-likeness (QED) is 0.500. The summed E-state index contributed by atoms with van der Waals surface area (Å²) in [7, 11) is 0. The third-order valence-corrected chi connectivity index (χ3v) is 1.82. The Labute approximate surface area is 89.7 Å². The Balaban J connectivity index is 2.79. The molecule has 0 aliphatic heterocycles. The number of carbonyl (C=O) groups is 2. The van der Waals surface area contributed by atoms with Crippen LogP contribution in [0.2, 0.25) is 0 Å². The Bertz CT molecular complexity index is 453. The zero-order valence-electron chi connectivity index (χ0n) is 8.14. The van der Waals surface area contributed by atoms with Gasteiger partial charge in [0.25, 0.3) is 5.91 Å². The van der Waals surface area contributed by atoms with Crippen LogP contribution in [0.3, 0.4) is 0 Å². The van der Waals surface area contributed by atoms with Crippen LogP contribution in [0.4, 0.5) is 0 Å². The van der Waals surface area contributed by atoms with E-state index in [4.69, 9.17) is 10.2 Å². The molecule has 0 saturated carbocycles. The number of carbonyl (C=O) groups excluding carboxylic acids is 1. The second-order valence-electron chi connectivity index (χ2n) is 2.99. The van der Waals surface area contributed by atoms with E-state index in [1.807, 2.05) is 0 Å². The summed E-state index contributed by atoms with van der Waals surface area (Å²) in [6.07, 6.45) is 1.27. The Morgan fingerprint density at radius 3 is 2.69 bits per heavy atom. The van der Waals surface area contributed by atoms with Crippen molar-refractivity contribution in [3.05, 3.63) is 34.2 Å². The monoisotopic (exact) mass is 226 g/mol. The lowest BCUT2D eigenvalue weighted by Gasteiger charge is -2.10. The molecule has 1 amide bonds. The van der Waals surface area contributed by atoms with Crippen LogP contribution in [0.25, 0.3) is 0 Å². The van der Waals surface area contributed by atoms with E-state index in [-0.39, 0.29) is 5.56 Å². The number of amides is 1. The lowest BCUT2D eigenvalue weighted by Crippen LogP contribution is -2.43. The smallest absolute Gasteiger partial charge is 0.328 e. The van der Waals surface area contributed by atoms with Gasteiger partial charge in [-0.3, -0.25) is 9.59 Å². The number of hydrogen-bond acceptors (Lipinski definition) is 4. The van der Waals surface area contributed by atoms with E-state index in [1.54, 1.807) is 0 Å². The second-order valence-corrected chi connectivity index (χ2v) is 2.99. The first-order chi connectivity index (χ1) is 7.54. The van der Waals surface area contributed by atoms with Crippen LogP contribution in [0.1, 0.15) is 10.4 Å². The van der Waals surface area contributed by atoms with Gasteiger partial charge in [0.1, 0.15) is 0 Å². The first-order valence-electron chi connectivity index (χ1n) is 4.38. The summed E-state index contributed by atoms with van der Waals surface area (Å²) < 4.78 is 0. The maximum atomic E-state index is 11.4. The van der Waals surface area contributed by atoms with Crippen LogP contribution in [-0.2, 0) is 4.79 Å². The number of aliphatic carboxylic acids is 1. The van der Waals surface area contributed by atoms with E-state index in [0.29, 0.717) is 0 Å². The van der Waals surface area contributed by atoms with Gasteiger partial charge in [-0.1, -0.05) is 0 Å². The Hall–Kier alpha value is -2.15. The Morgan fingerprint density at radius 2 is 2.19 bits per heavy atom. The van der Waals surface area contributed by atoms with Gasteiger partial charge in [0.05, 0.1) is 6.61 Å². The molecular formula is C9H10N2O5. The number of carboxylic acid groups (broad SMARTS) is 1. The van der Waals surface area contributed by atoms with Gasteiger partial charge in [0, 0.05) is 17.8 Å². The Morgan fingerprint density at radius 1 is 1.50 bits per heavy atom. The molecule has 1 heterocycles. The number of aliphatic hydroxyl groups excluding tert-OH is 1. The summed E-state index contributed by atoms with van der Waals surface area (Å²) in [4.78, 5) is 35.2. The molecule has 1 aromatic heterocycles. The average Bonchev–Trinajstić information content (AvgIpc) is 2.25. The van der Waals surface area contributed by atoms with Gasteiger partial charge in [-0.15, -0.1) is 0 Å². The van der Waals surface area contributed by atoms with Gasteiger partial charge >= 0.3 is 5.97 Å². The molecule has 0 aromatic carbocycles. The van der Waals surface area contributed by atoms with Gasteiger partial charge in [0.2, 0.25) is 5.56 Å². The van der Waals surface area contributed by atoms with Crippen LogP contribution in [0.5, 0.6) is 0 Å². The fourth-order valence-corrected chi connectivity index (χ4v) is 1.01. The van der Waals surface area contributed by atoms with Crippen molar-refractivity contribution < 1.29 is 19.8 Å². The number of hydrogen-bond donors (Lipinski definition) is 4. The first-order valence-corrected chi connectivity index (χ1v) is 4.38. The fraction of sp³-hybridized carbons (Fsp3) is 0.222. The van der Waals surface area contributed by atoms with E-state index >= 15 is 0 Å². The summed E-state index contributed by atoms with van der Waals surface area (Å²) in [5, 5.41) is 19.3. The van der Waals surface area contributed by atoms with Crippen molar-refractivity contribution in [2.24, 2.45) is 0 Å². The fourth-order valence-electron chi connectivity index (χ4n) is 1.01. The number of rotatable bonds is 4. The lowest BCUT2D eigenvalue weighted by atomic mass is 10.2. The minimum Gasteiger partial charge on any atom is -0.480 e. The highest BCUT2D eigenvalue weighted by atomic mass is 16.4. The van der Waals surface area contributed by atoms with Crippen molar-refractivity contribution in [3.63, 3.8) is 0 Å². The second kappa shape index (κ2) is 5.08. The van der Waals surface area contributed by atoms with E-state index in [9.17, 15) is 14.4 Å². The van der Waals surface area contributed by atoms with E-state index < -0.39 is 30.1 Å². The highest BCUT2D eigenvalue weighted by molar-refractivity contribution is 5.96. The van der Waals surface area contributed by atoms with Crippen LogP contribution in [-0.4, -0.2) is 39.7 Å². The number of aliphatic hydroxyl groups is 1. The number of aromatic nitrogens is 1. The van der Waals surface area contributed by atoms with Crippen molar-refractivity contribution in [2.75, 3.05) is 6.61 Å². The van der Waals surface area contributed by atoms with Gasteiger partial charge in [-0.2, -0.15) is 0 Å². The molecule has 1 unspecified atom stereocenters. The largest absolute Gasteiger partial charge is 0.480 e. The number of nitrogens with one attached hydrogen (secondary N) is 2. The summed E-state index contributed by atoms with van der Waals surface area (Å²) in [6.45, 7) is -0.718. The third kappa shape index (κ3) is 2.92. The van der Waals surface area contributed by atoms with Crippen LogP contribution >= 0.6 is 0 Å². The van der Waals surface area contributed by atoms with Crippen LogP contribution < -0.4 is 10.9 Å². The minimum atomic E-state index is -1.38. The molecule has 0 radical (unpaired) electrons. The number of pyridine rings is 1. The van der Waals surface area contributed by atoms with Gasteiger partial charge in [-0.25, -0.2) is 4.79 Å². The molecule has 0 saturated heterocycles. The molecule has 0 fully saturated rings. The third-order valence-electron chi connectivity index (χ3n) is 1.82. The maximum absolute atomic E-state index is 11.4. The van der Waals surface area contributed by atoms with Gasteiger partial charge in [-0.05, 0) is 6.07 Å². The van der Waals surface area contributed by atoms with Gasteiger partial charge < -0.3 is 20.5 Å². The standard InChI is InChI=1S/C9H10N2O5/c12-4-6(9(15)16)11-8(14)5-1-2-10-7(13)3-5/h1-3,6,12H,4H2,(H,10,13)(H,11,14)(H,15,16). The molecule has 1 aromatic rings. The predicted octanol–water partition coefficient (Wildman–Crippen LogP) is -1.45. The SMILES string of the molecule is O=C(NC(CO)C(=O)O)c1cc[nH]c(=O)c1. The molecule has 0 bridgehead atoms. The summed E-state index contributed by atoms with van der Waals surface area (Å²) in [5.74, 6) is -2.08. The summed E-state index contributed by atoms with van der Waals surface area (Å²) >= 11 is 0. The van der Waals surface area contributed by atoms with Crippen molar-refractivity contribution in [1.29, 1.82) is 0 Å². The van der Waals surface area contributed by atoms with E-state index in [0.717, 1.165) is 6.07 Å². The predicted molar refractivity (Wildman–Crippen MR) is 53.0 cm³/mol. The van der Waals surface area contributed by atoms with E-state index in [1.165, 1.54) is 12.3 Å². The lowest BCUT2D eigenvalue weighted by molar-refractivity contribution is -0.140. The average molecular weight is 226 g/mol. The molecule has 0 aliphatic rings. The molecule has 1 rings (SSSR count). The molecule has 1 atom stereocenters. The highest BCUT2D eigenvalue weighted by Crippen LogP contribution is 1.94. The van der Waals surface area contributed by atoms with Crippen molar-refractivity contribution in [1.82, 2.24) is 10.3 Å². The molecule has 0 spiro atoms. The molecule has 86 valence electrons. The van der Waals surface area contributed by atoms with Crippen molar-refractivity contribution >= 4 is 11.9 Å². The number of H-pyrrole nitrogens is 1. The molecule has 4 N–H and O–H groups in total. The molecule has 7 nitrogen and oxygen atoms in total. The van der Waals surface area contributed by atoms with Crippen LogP contribution in [0, 0.1) is 0 Å². The minimum absolute atomic E-state index is 0.0310. The molecule has 16 heavy (non-hydrogen) atoms. The number of aromatic amines is 1. The zero-order chi connectivity index (χ0) is 12.1. The van der Waals surface area contributed by atoms with E-state index in [2.05, 4.69) is 10.3 Å². The molecule has 0 aliphatic carbocycles. The van der Waals surface area contributed by atoms with Crippen LogP contribution in [0.15, 0.2) is 23.1 Å². The maximum Gasteiger partial charge on any atom is 0.328 e. The normalized spacial score (nSPS) is 11.8. The Kier molecular flexibility index (Phi) is 3.78. The summed E-state index contributed by atoms with van der Waals surface area (Å²) in [6, 6.07) is 0.977. The highest BCUT2D eigenvalue weighted by Gasteiger charge is 2.19. The zero-order valence-corrected chi connectivity index (χ0v) is 8.14. The number of carboxylic acids is 1. The topological polar surface area (TPSA) is 119 Å². The molecular weight excluding hydrogens is 216 g/mol. The van der Waals surface area contributed by atoms with Crippen molar-refractivity contribution in [3.8, 4) is 0 Å².